The number of nitrogens with one attached hydrogen (secondary N) is 1. The Bertz CT molecular complexity index is 544. The highest BCUT2D eigenvalue weighted by atomic mass is 35.5. The molecular weight excluding hydrogens is 372 g/mol. The van der Waals surface area contributed by atoms with E-state index < -0.39 is 11.7 Å². The zero-order valence-corrected chi connectivity index (χ0v) is 15.7. The number of hydrogen-bond acceptors (Lipinski definition) is 2. The summed E-state index contributed by atoms with van der Waals surface area (Å²) in [5.41, 5.74) is -0.00782. The van der Waals surface area contributed by atoms with Crippen LogP contribution in [0.2, 0.25) is 5.02 Å². The van der Waals surface area contributed by atoms with Crippen molar-refractivity contribution in [2.75, 3.05) is 26.2 Å². The summed E-state index contributed by atoms with van der Waals surface area (Å²) in [6.07, 6.45) is 1.20. The summed E-state index contributed by atoms with van der Waals surface area (Å²) in [6.45, 7) is 7.10. The number of piperazine rings is 1. The molecule has 0 radical (unpaired) electrons. The lowest BCUT2D eigenvalue weighted by atomic mass is 9.96. The van der Waals surface area contributed by atoms with Gasteiger partial charge < -0.3 is 5.32 Å². The van der Waals surface area contributed by atoms with Crippen LogP contribution < -0.4 is 5.32 Å². The Balaban J connectivity index is 0.00000312. The van der Waals surface area contributed by atoms with E-state index in [0.717, 1.165) is 57.9 Å². The third-order valence-corrected chi connectivity index (χ3v) is 4.58. The first-order valence-corrected chi connectivity index (χ1v) is 8.73. The standard InChI is InChI=1S/C18H24ClF3N2.ClH/c1-2-3-4-5-6-17(24-9-7-23-8-10-24)14-11-15(18(20,21)22)13-16(19)12-14;/h2,11-13,17,23H,1,3-10H2;1H/t17-;/m0./s1. The smallest absolute Gasteiger partial charge is 0.314 e. The zero-order valence-electron chi connectivity index (χ0n) is 14.1. The molecule has 1 aromatic carbocycles. The van der Waals surface area contributed by atoms with Crippen molar-refractivity contribution in [3.05, 3.63) is 47.0 Å². The van der Waals surface area contributed by atoms with Gasteiger partial charge in [-0.2, -0.15) is 13.2 Å². The Labute approximate surface area is 158 Å². The molecule has 25 heavy (non-hydrogen) atoms. The molecule has 1 atom stereocenters. The predicted molar refractivity (Wildman–Crippen MR) is 99.6 cm³/mol. The van der Waals surface area contributed by atoms with Gasteiger partial charge >= 0.3 is 6.18 Å². The van der Waals surface area contributed by atoms with Gasteiger partial charge in [-0.3, -0.25) is 4.90 Å². The second kappa shape index (κ2) is 10.4. The van der Waals surface area contributed by atoms with E-state index in [2.05, 4.69) is 16.8 Å². The van der Waals surface area contributed by atoms with Gasteiger partial charge in [-0.05, 0) is 43.0 Å². The molecule has 1 aliphatic rings. The van der Waals surface area contributed by atoms with Crippen LogP contribution in [0, 0.1) is 0 Å². The van der Waals surface area contributed by atoms with E-state index in [9.17, 15) is 13.2 Å². The molecule has 2 nitrogen and oxygen atoms in total. The minimum Gasteiger partial charge on any atom is -0.314 e. The van der Waals surface area contributed by atoms with Gasteiger partial charge in [0.15, 0.2) is 0 Å². The van der Waals surface area contributed by atoms with E-state index in [4.69, 9.17) is 11.6 Å². The average Bonchev–Trinajstić information content (AvgIpc) is 2.54. The van der Waals surface area contributed by atoms with Crippen LogP contribution >= 0.6 is 24.0 Å². The highest BCUT2D eigenvalue weighted by Crippen LogP contribution is 2.36. The SMILES string of the molecule is C=CCCCC[C@@H](c1cc(Cl)cc(C(F)(F)F)c1)N1CCNCC1.Cl. The quantitative estimate of drug-likeness (QED) is 0.485. The second-order valence-electron chi connectivity index (χ2n) is 6.15. The minimum atomic E-state index is -4.38. The molecule has 0 bridgehead atoms. The van der Waals surface area contributed by atoms with E-state index in [-0.39, 0.29) is 23.5 Å². The van der Waals surface area contributed by atoms with Gasteiger partial charge in [0.25, 0.3) is 0 Å². The molecule has 1 saturated heterocycles. The summed E-state index contributed by atoms with van der Waals surface area (Å²) in [4.78, 5) is 2.26. The van der Waals surface area contributed by atoms with Crippen LogP contribution in [0.3, 0.4) is 0 Å². The largest absolute Gasteiger partial charge is 0.416 e. The molecule has 0 amide bonds. The van der Waals surface area contributed by atoms with Crippen molar-refractivity contribution in [3.8, 4) is 0 Å². The maximum atomic E-state index is 13.1. The number of hydrogen-bond donors (Lipinski definition) is 1. The Morgan fingerprint density at radius 1 is 1.20 bits per heavy atom. The lowest BCUT2D eigenvalue weighted by molar-refractivity contribution is -0.137. The molecule has 0 aliphatic carbocycles. The van der Waals surface area contributed by atoms with Gasteiger partial charge in [-0.1, -0.05) is 24.1 Å². The molecule has 0 saturated carbocycles. The van der Waals surface area contributed by atoms with E-state index >= 15 is 0 Å². The molecule has 1 heterocycles. The fourth-order valence-corrected chi connectivity index (χ4v) is 3.39. The lowest BCUT2D eigenvalue weighted by Gasteiger charge is -2.35. The van der Waals surface area contributed by atoms with Crippen LogP contribution in [0.5, 0.6) is 0 Å². The van der Waals surface area contributed by atoms with E-state index in [1.165, 1.54) is 6.07 Å². The average molecular weight is 397 g/mol. The Kier molecular flexibility index (Phi) is 9.28. The fraction of sp³-hybridized carbons (Fsp3) is 0.556. The molecule has 1 aromatic rings. The van der Waals surface area contributed by atoms with Crippen molar-refractivity contribution < 1.29 is 13.2 Å². The normalized spacial score (nSPS) is 17.0. The maximum Gasteiger partial charge on any atom is 0.416 e. The molecule has 1 N–H and O–H groups in total. The molecular formula is C18H25Cl2F3N2. The second-order valence-corrected chi connectivity index (χ2v) is 6.58. The van der Waals surface area contributed by atoms with Crippen LogP contribution in [0.1, 0.15) is 42.9 Å². The minimum absolute atomic E-state index is 0. The molecule has 1 aliphatic heterocycles. The molecule has 2 rings (SSSR count). The van der Waals surface area contributed by atoms with Crippen molar-refractivity contribution in [3.63, 3.8) is 0 Å². The summed E-state index contributed by atoms with van der Waals surface area (Å²) >= 11 is 5.98. The highest BCUT2D eigenvalue weighted by Gasteiger charge is 2.32. The number of unbranched alkanes of at least 4 members (excludes halogenated alkanes) is 2. The number of halogens is 5. The number of rotatable bonds is 7. The van der Waals surface area contributed by atoms with Crippen LogP contribution in [-0.4, -0.2) is 31.1 Å². The molecule has 142 valence electrons. The lowest BCUT2D eigenvalue weighted by Crippen LogP contribution is -2.45. The number of alkyl halides is 3. The zero-order chi connectivity index (χ0) is 17.6. The summed E-state index contributed by atoms with van der Waals surface area (Å²) in [5.74, 6) is 0. The number of nitrogens with zero attached hydrogens (tertiary/aromatic N) is 1. The first-order chi connectivity index (χ1) is 11.4. The molecule has 0 aromatic heterocycles. The molecule has 0 unspecified atom stereocenters. The Hall–Kier alpha value is -0.750. The van der Waals surface area contributed by atoms with Gasteiger partial charge in [0.05, 0.1) is 5.56 Å². The summed E-state index contributed by atoms with van der Waals surface area (Å²) in [7, 11) is 0. The van der Waals surface area contributed by atoms with E-state index in [1.807, 2.05) is 6.08 Å². The predicted octanol–water partition coefficient (Wildman–Crippen LogP) is 5.47. The monoisotopic (exact) mass is 396 g/mol. The van der Waals surface area contributed by atoms with E-state index in [1.54, 1.807) is 6.07 Å². The maximum absolute atomic E-state index is 13.1. The van der Waals surface area contributed by atoms with Gasteiger partial charge in [0, 0.05) is 37.2 Å². The van der Waals surface area contributed by atoms with Gasteiger partial charge in [-0.15, -0.1) is 19.0 Å². The van der Waals surface area contributed by atoms with Crippen molar-refractivity contribution in [2.45, 2.75) is 37.9 Å². The van der Waals surface area contributed by atoms with Crippen LogP contribution in [0.25, 0.3) is 0 Å². The van der Waals surface area contributed by atoms with E-state index in [0.29, 0.717) is 5.56 Å². The van der Waals surface area contributed by atoms with Gasteiger partial charge in [0.2, 0.25) is 0 Å². The van der Waals surface area contributed by atoms with Crippen LogP contribution in [0.4, 0.5) is 13.2 Å². The van der Waals surface area contributed by atoms with Gasteiger partial charge in [0.1, 0.15) is 0 Å². The summed E-state index contributed by atoms with van der Waals surface area (Å²) < 4.78 is 39.3. The Morgan fingerprint density at radius 2 is 1.88 bits per heavy atom. The molecule has 7 heteroatoms. The van der Waals surface area contributed by atoms with Crippen molar-refractivity contribution in [1.29, 1.82) is 0 Å². The highest BCUT2D eigenvalue weighted by molar-refractivity contribution is 6.30. The Morgan fingerprint density at radius 3 is 2.48 bits per heavy atom. The third kappa shape index (κ3) is 6.81. The van der Waals surface area contributed by atoms with Crippen molar-refractivity contribution >= 4 is 24.0 Å². The van der Waals surface area contributed by atoms with Crippen molar-refractivity contribution in [2.24, 2.45) is 0 Å². The van der Waals surface area contributed by atoms with Crippen LogP contribution in [-0.2, 0) is 6.18 Å². The van der Waals surface area contributed by atoms with Crippen molar-refractivity contribution in [1.82, 2.24) is 10.2 Å². The first kappa shape index (κ1) is 22.3. The summed E-state index contributed by atoms with van der Waals surface area (Å²) in [6, 6.07) is 3.90. The first-order valence-electron chi connectivity index (χ1n) is 8.35. The topological polar surface area (TPSA) is 15.3 Å². The van der Waals surface area contributed by atoms with Gasteiger partial charge in [-0.25, -0.2) is 0 Å². The third-order valence-electron chi connectivity index (χ3n) is 4.36. The number of allylic oxidation sites excluding steroid dienone is 1. The van der Waals surface area contributed by atoms with Crippen LogP contribution in [0.15, 0.2) is 30.9 Å². The summed E-state index contributed by atoms with van der Waals surface area (Å²) in [5, 5.41) is 3.43. The number of benzene rings is 1. The molecule has 0 spiro atoms. The molecule has 1 fully saturated rings. The fourth-order valence-electron chi connectivity index (χ4n) is 3.15.